The van der Waals surface area contributed by atoms with Gasteiger partial charge in [0.15, 0.2) is 0 Å². The lowest BCUT2D eigenvalue weighted by atomic mass is 9.67. The highest BCUT2D eigenvalue weighted by molar-refractivity contribution is 5.97. The second-order valence-electron chi connectivity index (χ2n) is 19.5. The summed E-state index contributed by atoms with van der Waals surface area (Å²) in [6.45, 7) is 17.9. The van der Waals surface area contributed by atoms with Crippen molar-refractivity contribution in [2.75, 3.05) is 4.90 Å². The number of rotatable bonds is 5. The Bertz CT molecular complexity index is 3310. The Morgan fingerprint density at radius 1 is 0.277 bits per heavy atom. The number of anilines is 3. The average molecular weight is 836 g/mol. The van der Waals surface area contributed by atoms with Crippen LogP contribution in [0.3, 0.4) is 0 Å². The van der Waals surface area contributed by atoms with Gasteiger partial charge in [-0.3, -0.25) is 0 Å². The van der Waals surface area contributed by atoms with Crippen LogP contribution in [0, 0.1) is 55.4 Å². The maximum Gasteiger partial charge on any atom is 0.0726 e. The van der Waals surface area contributed by atoms with Crippen molar-refractivity contribution in [3.05, 3.63) is 265 Å². The molecule has 9 aromatic carbocycles. The molecule has 12 rings (SSSR count). The minimum atomic E-state index is -0.527. The van der Waals surface area contributed by atoms with Crippen molar-refractivity contribution in [2.45, 2.75) is 66.2 Å². The zero-order valence-corrected chi connectivity index (χ0v) is 38.7. The van der Waals surface area contributed by atoms with E-state index in [1.807, 2.05) is 0 Å². The molecule has 9 aromatic rings. The van der Waals surface area contributed by atoms with Gasteiger partial charge in [-0.15, -0.1) is 0 Å². The first kappa shape index (κ1) is 39.4. The molecule has 0 radical (unpaired) electrons. The molecule has 1 nitrogen and oxygen atoms in total. The van der Waals surface area contributed by atoms with Gasteiger partial charge in [0.25, 0.3) is 0 Å². The summed E-state index contributed by atoms with van der Waals surface area (Å²) >= 11 is 0. The molecule has 0 atom stereocenters. The van der Waals surface area contributed by atoms with E-state index in [-0.39, 0.29) is 0 Å². The Morgan fingerprint density at radius 2 is 0.631 bits per heavy atom. The second-order valence-corrected chi connectivity index (χ2v) is 19.5. The van der Waals surface area contributed by atoms with Crippen LogP contribution in [0.15, 0.2) is 176 Å². The van der Waals surface area contributed by atoms with Gasteiger partial charge in [0.1, 0.15) is 0 Å². The fraction of sp³-hybridized carbons (Fsp3) is 0.156. The predicted molar refractivity (Wildman–Crippen MR) is 273 cm³/mol. The molecular formula is C64H53N. The lowest BCUT2D eigenvalue weighted by Crippen LogP contribution is -2.29. The molecule has 0 heterocycles. The van der Waals surface area contributed by atoms with Crippen molar-refractivity contribution in [1.82, 2.24) is 0 Å². The molecule has 65 heavy (non-hydrogen) atoms. The van der Waals surface area contributed by atoms with E-state index < -0.39 is 10.8 Å². The summed E-state index contributed by atoms with van der Waals surface area (Å²) in [5, 5.41) is 0. The topological polar surface area (TPSA) is 3.24 Å². The highest BCUT2D eigenvalue weighted by atomic mass is 15.1. The van der Waals surface area contributed by atoms with Crippen LogP contribution in [0.5, 0.6) is 0 Å². The maximum atomic E-state index is 2.58. The van der Waals surface area contributed by atoms with Gasteiger partial charge in [-0.2, -0.15) is 0 Å². The Morgan fingerprint density at radius 3 is 1.08 bits per heavy atom. The molecule has 0 aliphatic heterocycles. The molecule has 1 heteroatoms. The minimum absolute atomic E-state index is 0.468. The lowest BCUT2D eigenvalue weighted by Gasteiger charge is -2.36. The zero-order valence-electron chi connectivity index (χ0n) is 38.7. The number of fused-ring (bicyclic) bond motifs is 13. The normalized spacial score (nSPS) is 14.1. The molecule has 0 fully saturated rings. The third-order valence-electron chi connectivity index (χ3n) is 15.1. The third-order valence-corrected chi connectivity index (χ3v) is 15.1. The SMILES string of the molecule is Cc1ccc(C2(c3ccc(C)cc3)c3ccccc3-c3ccc(N(c4ccc5c(c4)C4(c6cc(C)ccc6-c6ccc(C)cc64)c4cc(C)ccc4-5)c4c(C)cc(C)cc4C)cc32)cc1. The van der Waals surface area contributed by atoms with Crippen molar-refractivity contribution < 1.29 is 0 Å². The molecule has 3 aliphatic carbocycles. The first-order valence-electron chi connectivity index (χ1n) is 23.2. The van der Waals surface area contributed by atoms with Gasteiger partial charge in [0.2, 0.25) is 0 Å². The van der Waals surface area contributed by atoms with Crippen molar-refractivity contribution in [1.29, 1.82) is 0 Å². The number of benzene rings is 9. The van der Waals surface area contributed by atoms with Gasteiger partial charge in [-0.1, -0.05) is 185 Å². The lowest BCUT2D eigenvalue weighted by molar-refractivity contribution is 0.767. The summed E-state index contributed by atoms with van der Waals surface area (Å²) in [6, 6.07) is 68.4. The highest BCUT2D eigenvalue weighted by Crippen LogP contribution is 2.64. The van der Waals surface area contributed by atoms with E-state index in [2.05, 4.69) is 236 Å². The van der Waals surface area contributed by atoms with Crippen LogP contribution >= 0.6 is 0 Å². The van der Waals surface area contributed by atoms with E-state index in [0.717, 1.165) is 11.4 Å². The maximum absolute atomic E-state index is 2.58. The van der Waals surface area contributed by atoms with Crippen LogP contribution < -0.4 is 4.90 Å². The zero-order chi connectivity index (χ0) is 44.5. The molecule has 0 amide bonds. The fourth-order valence-electron chi connectivity index (χ4n) is 12.4. The van der Waals surface area contributed by atoms with Crippen LogP contribution in [0.25, 0.3) is 33.4 Å². The summed E-state index contributed by atoms with van der Waals surface area (Å²) in [4.78, 5) is 2.58. The second kappa shape index (κ2) is 14.1. The van der Waals surface area contributed by atoms with Crippen molar-refractivity contribution in [2.24, 2.45) is 0 Å². The largest absolute Gasteiger partial charge is 0.310 e. The minimum Gasteiger partial charge on any atom is -0.310 e. The summed E-state index contributed by atoms with van der Waals surface area (Å²) in [6.07, 6.45) is 0. The fourth-order valence-corrected chi connectivity index (χ4v) is 12.4. The molecular weight excluding hydrogens is 783 g/mol. The van der Waals surface area contributed by atoms with Crippen LogP contribution in [0.4, 0.5) is 17.1 Å². The Kier molecular flexibility index (Phi) is 8.57. The standard InChI is InChI=1S/C64H53N/c1-38-13-20-46(21-14-38)63(47-22-15-39(2)16-23-47)56-12-10-9-11-50(56)54-29-24-48(36-60(54)63)65(62-44(7)31-43(6)32-45(62)8)49-25-30-55-53-28-19-42(5)35-59(53)64(61(55)37-49)57-33-40(3)17-26-51(57)52-27-18-41(4)34-58(52)64/h9-37H,1-8H3. The van der Waals surface area contributed by atoms with Crippen molar-refractivity contribution >= 4 is 17.1 Å². The van der Waals surface area contributed by atoms with E-state index in [9.17, 15) is 0 Å². The summed E-state index contributed by atoms with van der Waals surface area (Å²) < 4.78 is 0. The van der Waals surface area contributed by atoms with Gasteiger partial charge in [-0.05, 0) is 169 Å². The molecule has 3 aliphatic rings. The van der Waals surface area contributed by atoms with E-state index in [1.165, 1.54) is 128 Å². The number of hydrogen-bond donors (Lipinski definition) is 0. The Labute approximate surface area is 384 Å². The van der Waals surface area contributed by atoms with E-state index in [0.29, 0.717) is 0 Å². The van der Waals surface area contributed by atoms with Crippen LogP contribution in [0.2, 0.25) is 0 Å². The monoisotopic (exact) mass is 835 g/mol. The Hall–Kier alpha value is -7.22. The smallest absolute Gasteiger partial charge is 0.0726 e. The molecule has 314 valence electrons. The van der Waals surface area contributed by atoms with Crippen LogP contribution in [-0.4, -0.2) is 0 Å². The number of nitrogens with zero attached hydrogens (tertiary/aromatic N) is 1. The van der Waals surface area contributed by atoms with Gasteiger partial charge in [0.05, 0.1) is 16.5 Å². The van der Waals surface area contributed by atoms with E-state index in [1.54, 1.807) is 0 Å². The summed E-state index contributed by atoms with van der Waals surface area (Å²) in [5.41, 5.74) is 31.2. The number of aryl methyl sites for hydroxylation is 8. The number of hydrogen-bond acceptors (Lipinski definition) is 1. The highest BCUT2D eigenvalue weighted by Gasteiger charge is 2.52. The van der Waals surface area contributed by atoms with Crippen molar-refractivity contribution in [3.8, 4) is 33.4 Å². The van der Waals surface area contributed by atoms with Gasteiger partial charge in [0, 0.05) is 11.4 Å². The molecule has 0 saturated carbocycles. The first-order chi connectivity index (χ1) is 31.5. The average Bonchev–Trinajstić information content (AvgIpc) is 3.86. The quantitative estimate of drug-likeness (QED) is 0.167. The first-order valence-corrected chi connectivity index (χ1v) is 23.2. The molecule has 0 saturated heterocycles. The molecule has 0 aromatic heterocycles. The Balaban J connectivity index is 1.16. The molecule has 0 bridgehead atoms. The van der Waals surface area contributed by atoms with Gasteiger partial charge >= 0.3 is 0 Å². The van der Waals surface area contributed by atoms with Crippen LogP contribution in [-0.2, 0) is 10.8 Å². The third kappa shape index (κ3) is 5.45. The molecule has 0 N–H and O–H groups in total. The van der Waals surface area contributed by atoms with Gasteiger partial charge in [-0.25, -0.2) is 0 Å². The van der Waals surface area contributed by atoms with Gasteiger partial charge < -0.3 is 4.90 Å². The van der Waals surface area contributed by atoms with E-state index in [4.69, 9.17) is 0 Å². The molecule has 0 unspecified atom stereocenters. The molecule has 1 spiro atoms. The van der Waals surface area contributed by atoms with E-state index >= 15 is 0 Å². The van der Waals surface area contributed by atoms with Crippen molar-refractivity contribution in [3.63, 3.8) is 0 Å². The predicted octanol–water partition coefficient (Wildman–Crippen LogP) is 16.3. The van der Waals surface area contributed by atoms with Crippen LogP contribution in [0.1, 0.15) is 89.0 Å². The summed E-state index contributed by atoms with van der Waals surface area (Å²) in [7, 11) is 0. The summed E-state index contributed by atoms with van der Waals surface area (Å²) in [5.74, 6) is 0.